The predicted molar refractivity (Wildman–Crippen MR) is 201 cm³/mol. The number of rotatable bonds is 9. The highest BCUT2D eigenvalue weighted by molar-refractivity contribution is 5.21. The van der Waals surface area contributed by atoms with E-state index in [1.807, 2.05) is 19.9 Å². The van der Waals surface area contributed by atoms with E-state index in [2.05, 4.69) is 34.6 Å². The molecule has 9 N–H and O–H groups in total. The Labute approximate surface area is 327 Å². The highest BCUT2D eigenvalue weighted by Gasteiger charge is 2.72. The van der Waals surface area contributed by atoms with Crippen molar-refractivity contribution >= 4 is 0 Å². The Balaban J connectivity index is 1.24. The van der Waals surface area contributed by atoms with Crippen molar-refractivity contribution in [2.24, 2.45) is 45.3 Å². The summed E-state index contributed by atoms with van der Waals surface area (Å²) < 4.78 is 24.5. The van der Waals surface area contributed by atoms with Crippen LogP contribution >= 0.6 is 0 Å². The van der Waals surface area contributed by atoms with E-state index in [0.717, 1.165) is 37.7 Å². The molecule has 0 aromatic carbocycles. The number of aliphatic hydroxyl groups is 9. The van der Waals surface area contributed by atoms with Gasteiger partial charge in [-0.05, 0) is 119 Å². The van der Waals surface area contributed by atoms with Crippen LogP contribution in [-0.2, 0) is 18.9 Å². The zero-order valence-electron chi connectivity index (χ0n) is 34.4. The summed E-state index contributed by atoms with van der Waals surface area (Å²) in [5.41, 5.74) is -1.54. The molecule has 0 aromatic heterocycles. The Morgan fingerprint density at radius 2 is 1.49 bits per heavy atom. The van der Waals surface area contributed by atoms with Gasteiger partial charge < -0.3 is 64.9 Å². The van der Waals surface area contributed by atoms with Crippen LogP contribution in [0.1, 0.15) is 114 Å². The first-order valence-corrected chi connectivity index (χ1v) is 20.8. The van der Waals surface area contributed by atoms with E-state index in [1.54, 1.807) is 6.92 Å². The van der Waals surface area contributed by atoms with Crippen LogP contribution in [0, 0.1) is 45.3 Å². The molecule has 4 aliphatic carbocycles. The maximum absolute atomic E-state index is 12.5. The number of ether oxygens (including phenoxy) is 4. The number of fused-ring (bicyclic) bond motifs is 5. The molecule has 6 rings (SSSR count). The van der Waals surface area contributed by atoms with Crippen LogP contribution in [0.4, 0.5) is 0 Å². The van der Waals surface area contributed by atoms with Gasteiger partial charge in [0.15, 0.2) is 12.6 Å². The van der Waals surface area contributed by atoms with Crippen molar-refractivity contribution in [1.29, 1.82) is 0 Å². The van der Waals surface area contributed by atoms with Crippen LogP contribution in [0.5, 0.6) is 0 Å². The molecule has 318 valence electrons. The molecule has 21 atom stereocenters. The summed E-state index contributed by atoms with van der Waals surface area (Å²) in [6.07, 6.45) is -8.21. The minimum atomic E-state index is -1.66. The third kappa shape index (κ3) is 6.90. The first-order valence-electron chi connectivity index (χ1n) is 20.8. The molecule has 2 aliphatic heterocycles. The monoisotopic (exact) mass is 784 g/mol. The maximum Gasteiger partial charge on any atom is 0.187 e. The third-order valence-electron chi connectivity index (χ3n) is 16.8. The van der Waals surface area contributed by atoms with E-state index < -0.39 is 103 Å². The van der Waals surface area contributed by atoms with Gasteiger partial charge in [-0.3, -0.25) is 0 Å². The molecule has 6 fully saturated rings. The highest BCUT2D eigenvalue weighted by Crippen LogP contribution is 2.76. The molecular formula is C42H72O13. The Kier molecular flexibility index (Phi) is 12.2. The normalized spacial score (nSPS) is 52.6. The maximum atomic E-state index is 12.5. The van der Waals surface area contributed by atoms with Gasteiger partial charge in [0, 0.05) is 5.41 Å². The van der Waals surface area contributed by atoms with Crippen molar-refractivity contribution in [3.05, 3.63) is 11.6 Å². The van der Waals surface area contributed by atoms with Crippen molar-refractivity contribution in [2.75, 3.05) is 6.61 Å². The molecule has 2 saturated heterocycles. The lowest BCUT2D eigenvalue weighted by atomic mass is 9.34. The van der Waals surface area contributed by atoms with Crippen LogP contribution < -0.4 is 0 Å². The van der Waals surface area contributed by atoms with E-state index in [0.29, 0.717) is 19.3 Å². The summed E-state index contributed by atoms with van der Waals surface area (Å²) in [6, 6.07) is 0. The predicted octanol–water partition coefficient (Wildman–Crippen LogP) is 2.15. The summed E-state index contributed by atoms with van der Waals surface area (Å²) in [6.45, 7) is 17.9. The fraction of sp³-hybridized carbons (Fsp3) is 0.952. The molecule has 0 amide bonds. The van der Waals surface area contributed by atoms with Crippen LogP contribution in [0.3, 0.4) is 0 Å². The second kappa shape index (κ2) is 15.4. The first-order chi connectivity index (χ1) is 25.5. The van der Waals surface area contributed by atoms with Gasteiger partial charge in [0.2, 0.25) is 0 Å². The fourth-order valence-corrected chi connectivity index (χ4v) is 13.2. The van der Waals surface area contributed by atoms with E-state index in [4.69, 9.17) is 18.9 Å². The van der Waals surface area contributed by atoms with Crippen LogP contribution in [0.2, 0.25) is 0 Å². The fourth-order valence-electron chi connectivity index (χ4n) is 13.2. The molecule has 4 saturated carbocycles. The van der Waals surface area contributed by atoms with E-state index in [1.165, 1.54) is 6.92 Å². The number of allylic oxidation sites excluding steroid dienone is 1. The molecule has 55 heavy (non-hydrogen) atoms. The first kappa shape index (κ1) is 43.8. The molecule has 2 heterocycles. The van der Waals surface area contributed by atoms with Gasteiger partial charge in [-0.15, -0.1) is 0 Å². The minimum absolute atomic E-state index is 0.0197. The molecule has 0 aromatic rings. The van der Waals surface area contributed by atoms with Gasteiger partial charge in [0.25, 0.3) is 0 Å². The molecular weight excluding hydrogens is 712 g/mol. The zero-order chi connectivity index (χ0) is 40.8. The topological polar surface area (TPSA) is 219 Å². The largest absolute Gasteiger partial charge is 0.394 e. The zero-order valence-corrected chi connectivity index (χ0v) is 34.4. The average molecular weight is 785 g/mol. The molecule has 0 bridgehead atoms. The van der Waals surface area contributed by atoms with Gasteiger partial charge in [-0.1, -0.05) is 46.3 Å². The molecule has 13 nitrogen and oxygen atoms in total. The van der Waals surface area contributed by atoms with Crippen LogP contribution in [0.25, 0.3) is 0 Å². The Morgan fingerprint density at radius 3 is 2.13 bits per heavy atom. The number of hydrogen-bond acceptors (Lipinski definition) is 13. The van der Waals surface area contributed by atoms with E-state index >= 15 is 0 Å². The lowest BCUT2D eigenvalue weighted by Crippen LogP contribution is -2.69. The van der Waals surface area contributed by atoms with Crippen molar-refractivity contribution in [1.82, 2.24) is 0 Å². The summed E-state index contributed by atoms with van der Waals surface area (Å²) in [7, 11) is 0. The van der Waals surface area contributed by atoms with Crippen LogP contribution in [-0.4, -0.2) is 138 Å². The number of hydrogen-bond donors (Lipinski definition) is 9. The van der Waals surface area contributed by atoms with E-state index in [9.17, 15) is 46.0 Å². The SMILES string of the molecule is CC(C)=CCC(O)C(C)(O)C1CCC2(C)C1CCC1C3(C)CCC(OC4OC(CO)C(O)C(O)C4OC4OC(C)C(O)C(O)C4O)C(C)(C)C3CC(O)C12C. The second-order valence-corrected chi connectivity index (χ2v) is 20.1. The Bertz CT molecular complexity index is 1390. The van der Waals surface area contributed by atoms with Gasteiger partial charge in [-0.2, -0.15) is 0 Å². The van der Waals surface area contributed by atoms with Crippen molar-refractivity contribution < 1.29 is 64.9 Å². The summed E-state index contributed by atoms with van der Waals surface area (Å²) in [4.78, 5) is 0. The third-order valence-corrected chi connectivity index (χ3v) is 16.8. The summed E-state index contributed by atoms with van der Waals surface area (Å²) in [5, 5.41) is 99.2. The lowest BCUT2D eigenvalue weighted by Gasteiger charge is -2.71. The molecule has 21 unspecified atom stereocenters. The molecule has 0 spiro atoms. The van der Waals surface area contributed by atoms with Gasteiger partial charge >= 0.3 is 0 Å². The summed E-state index contributed by atoms with van der Waals surface area (Å²) >= 11 is 0. The van der Waals surface area contributed by atoms with Crippen molar-refractivity contribution in [3.63, 3.8) is 0 Å². The quantitative estimate of drug-likeness (QED) is 0.121. The highest BCUT2D eigenvalue weighted by atomic mass is 16.8. The minimum Gasteiger partial charge on any atom is -0.394 e. The van der Waals surface area contributed by atoms with Gasteiger partial charge in [-0.25, -0.2) is 0 Å². The molecule has 13 heteroatoms. The van der Waals surface area contributed by atoms with Gasteiger partial charge in [0.1, 0.15) is 42.7 Å². The van der Waals surface area contributed by atoms with Crippen LogP contribution in [0.15, 0.2) is 11.6 Å². The average Bonchev–Trinajstić information content (AvgIpc) is 3.49. The smallest absolute Gasteiger partial charge is 0.187 e. The van der Waals surface area contributed by atoms with Gasteiger partial charge in [0.05, 0.1) is 36.6 Å². The van der Waals surface area contributed by atoms with Crippen molar-refractivity contribution in [2.45, 2.75) is 199 Å². The lowest BCUT2D eigenvalue weighted by molar-refractivity contribution is -0.377. The Hall–Kier alpha value is -0.780. The van der Waals surface area contributed by atoms with Crippen molar-refractivity contribution in [3.8, 4) is 0 Å². The number of aliphatic hydroxyl groups excluding tert-OH is 8. The Morgan fingerprint density at radius 1 is 0.818 bits per heavy atom. The molecule has 0 radical (unpaired) electrons. The standard InChI is InChI=1S/C42H72O13/c1-20(2)10-13-27(44)42(9,51)23-14-17-40(7)22(23)11-12-25-39(6)16-15-29(38(4,5)26(39)18-28(45)41(25,40)8)54-37-35(33(49)31(47)24(19-43)53-37)55-36-34(50)32(48)30(46)21(3)52-36/h10,21-37,43-51H,11-19H2,1-9H3. The van der Waals surface area contributed by atoms with E-state index in [-0.39, 0.29) is 34.5 Å². The molecule has 6 aliphatic rings. The summed E-state index contributed by atoms with van der Waals surface area (Å²) in [5.74, 6) is 0.258. The second-order valence-electron chi connectivity index (χ2n) is 20.1.